The Bertz CT molecular complexity index is 650. The molecule has 136 valence electrons. The third-order valence-electron chi connectivity index (χ3n) is 5.36. The molecule has 2 atom stereocenters. The molecule has 3 rings (SSSR count). The van der Waals surface area contributed by atoms with Gasteiger partial charge in [-0.2, -0.15) is 0 Å². The van der Waals surface area contributed by atoms with Crippen molar-refractivity contribution in [2.45, 2.75) is 44.6 Å². The van der Waals surface area contributed by atoms with Gasteiger partial charge in [0.25, 0.3) is 5.91 Å². The summed E-state index contributed by atoms with van der Waals surface area (Å²) in [6, 6.07) is 4.70. The zero-order valence-corrected chi connectivity index (χ0v) is 15.0. The smallest absolute Gasteiger partial charge is 0.287 e. The molecule has 1 N–H and O–H groups in total. The maximum atomic E-state index is 13.4. The second kappa shape index (κ2) is 8.28. The standard InChI is InChI=1S/C19H24ClFN2O2/c20-15-7-6-13(10-16(15)21)11-18(24)19(25)22-12-14-4-3-9-23-8-2-1-5-17(14)23/h6-7,10,14,17H,1-5,8-9,11-12H2,(H,22,25). The molecule has 0 bridgehead atoms. The molecule has 4 nitrogen and oxygen atoms in total. The van der Waals surface area contributed by atoms with Gasteiger partial charge in [-0.05, 0) is 62.4 Å². The number of Topliss-reactive ketones (excluding diaryl/α,β-unsaturated/α-hetero) is 1. The lowest BCUT2D eigenvalue weighted by atomic mass is 9.83. The predicted molar refractivity (Wildman–Crippen MR) is 95.1 cm³/mol. The van der Waals surface area contributed by atoms with Gasteiger partial charge in [0.15, 0.2) is 0 Å². The van der Waals surface area contributed by atoms with Crippen LogP contribution in [0.15, 0.2) is 18.2 Å². The molecule has 0 aliphatic carbocycles. The first-order valence-electron chi connectivity index (χ1n) is 9.03. The van der Waals surface area contributed by atoms with Gasteiger partial charge in [0.2, 0.25) is 5.78 Å². The molecule has 2 unspecified atom stereocenters. The number of rotatable bonds is 5. The van der Waals surface area contributed by atoms with Crippen molar-refractivity contribution in [3.8, 4) is 0 Å². The highest BCUT2D eigenvalue weighted by molar-refractivity contribution is 6.36. The van der Waals surface area contributed by atoms with E-state index in [1.54, 1.807) is 6.07 Å². The summed E-state index contributed by atoms with van der Waals surface area (Å²) in [6.45, 7) is 2.84. The van der Waals surface area contributed by atoms with E-state index >= 15 is 0 Å². The van der Waals surface area contributed by atoms with Gasteiger partial charge in [0, 0.05) is 19.0 Å². The van der Waals surface area contributed by atoms with Crippen molar-refractivity contribution in [1.82, 2.24) is 10.2 Å². The molecule has 0 radical (unpaired) electrons. The Hall–Kier alpha value is -1.46. The third kappa shape index (κ3) is 4.59. The summed E-state index contributed by atoms with van der Waals surface area (Å²) < 4.78 is 13.4. The topological polar surface area (TPSA) is 49.4 Å². The Labute approximate surface area is 152 Å². The van der Waals surface area contributed by atoms with Gasteiger partial charge in [0.05, 0.1) is 5.02 Å². The van der Waals surface area contributed by atoms with E-state index in [4.69, 9.17) is 11.6 Å². The third-order valence-corrected chi connectivity index (χ3v) is 5.66. The minimum atomic E-state index is -0.580. The molecule has 1 aromatic rings. The zero-order valence-electron chi connectivity index (χ0n) is 14.3. The van der Waals surface area contributed by atoms with E-state index in [9.17, 15) is 14.0 Å². The van der Waals surface area contributed by atoms with E-state index in [0.717, 1.165) is 25.9 Å². The highest BCUT2D eigenvalue weighted by atomic mass is 35.5. The molecule has 2 fully saturated rings. The van der Waals surface area contributed by atoms with Crippen LogP contribution in [0.3, 0.4) is 0 Å². The van der Waals surface area contributed by atoms with Crippen molar-refractivity contribution in [3.05, 3.63) is 34.6 Å². The van der Waals surface area contributed by atoms with E-state index in [0.29, 0.717) is 24.1 Å². The predicted octanol–water partition coefficient (Wildman–Crippen LogP) is 2.97. The quantitative estimate of drug-likeness (QED) is 0.815. The summed E-state index contributed by atoms with van der Waals surface area (Å²) in [6.07, 6.45) is 5.81. The fourth-order valence-corrected chi connectivity index (χ4v) is 4.17. The summed E-state index contributed by atoms with van der Waals surface area (Å²) in [5.74, 6) is -1.29. The Morgan fingerprint density at radius 2 is 2.00 bits per heavy atom. The van der Waals surface area contributed by atoms with Crippen molar-refractivity contribution in [2.75, 3.05) is 19.6 Å². The largest absolute Gasteiger partial charge is 0.349 e. The maximum Gasteiger partial charge on any atom is 0.287 e. The molecule has 0 aromatic heterocycles. The molecular weight excluding hydrogens is 343 g/mol. The molecule has 2 aliphatic rings. The molecule has 1 aromatic carbocycles. The maximum absolute atomic E-state index is 13.4. The Morgan fingerprint density at radius 1 is 1.20 bits per heavy atom. The van der Waals surface area contributed by atoms with Crippen LogP contribution in [0, 0.1) is 11.7 Å². The van der Waals surface area contributed by atoms with Gasteiger partial charge >= 0.3 is 0 Å². The van der Waals surface area contributed by atoms with Crippen molar-refractivity contribution in [2.24, 2.45) is 5.92 Å². The van der Waals surface area contributed by atoms with Crippen LogP contribution in [0.1, 0.15) is 37.7 Å². The average Bonchev–Trinajstić information content (AvgIpc) is 2.62. The number of amides is 1. The minimum absolute atomic E-state index is 0.00925. The Balaban J connectivity index is 1.51. The van der Waals surface area contributed by atoms with Crippen LogP contribution in [0.4, 0.5) is 4.39 Å². The van der Waals surface area contributed by atoms with Gasteiger partial charge in [-0.3, -0.25) is 9.59 Å². The molecule has 6 heteroatoms. The normalized spacial score (nSPS) is 23.8. The second-order valence-corrected chi connectivity index (χ2v) is 7.47. The first kappa shape index (κ1) is 18.3. The lowest BCUT2D eigenvalue weighted by Gasteiger charge is -2.44. The van der Waals surface area contributed by atoms with Crippen molar-refractivity contribution in [3.63, 3.8) is 0 Å². The Kier molecular flexibility index (Phi) is 6.07. The number of nitrogens with one attached hydrogen (secondary N) is 1. The second-order valence-electron chi connectivity index (χ2n) is 7.06. The highest BCUT2D eigenvalue weighted by Crippen LogP contribution is 2.30. The number of carbonyl (C=O) groups is 2. The zero-order chi connectivity index (χ0) is 17.8. The number of hydrogen-bond acceptors (Lipinski definition) is 3. The van der Waals surface area contributed by atoms with Gasteiger partial charge in [-0.25, -0.2) is 4.39 Å². The van der Waals surface area contributed by atoms with E-state index in [-0.39, 0.29) is 11.4 Å². The van der Waals surface area contributed by atoms with Crippen molar-refractivity contribution in [1.29, 1.82) is 0 Å². The number of nitrogens with zero attached hydrogens (tertiary/aromatic N) is 1. The summed E-state index contributed by atoms with van der Waals surface area (Å²) in [5.41, 5.74) is 0.457. The molecule has 0 saturated carbocycles. The lowest BCUT2D eigenvalue weighted by molar-refractivity contribution is -0.137. The number of ketones is 1. The molecule has 25 heavy (non-hydrogen) atoms. The molecular formula is C19H24ClFN2O2. The number of piperidine rings is 2. The van der Waals surface area contributed by atoms with Crippen LogP contribution < -0.4 is 5.32 Å². The van der Waals surface area contributed by atoms with E-state index in [1.807, 2.05) is 0 Å². The summed E-state index contributed by atoms with van der Waals surface area (Å²) in [4.78, 5) is 26.7. The average molecular weight is 367 g/mol. The summed E-state index contributed by atoms with van der Waals surface area (Å²) in [7, 11) is 0. The number of benzene rings is 1. The van der Waals surface area contributed by atoms with Crippen LogP contribution in [-0.4, -0.2) is 42.3 Å². The molecule has 1 amide bonds. The van der Waals surface area contributed by atoms with E-state index < -0.39 is 17.5 Å². The number of fused-ring (bicyclic) bond motifs is 1. The lowest BCUT2D eigenvalue weighted by Crippen LogP contribution is -2.51. The number of carbonyl (C=O) groups excluding carboxylic acids is 2. The van der Waals surface area contributed by atoms with Crippen molar-refractivity contribution < 1.29 is 14.0 Å². The fourth-order valence-electron chi connectivity index (χ4n) is 4.05. The van der Waals surface area contributed by atoms with Crippen LogP contribution in [-0.2, 0) is 16.0 Å². The fraction of sp³-hybridized carbons (Fsp3) is 0.579. The van der Waals surface area contributed by atoms with E-state index in [2.05, 4.69) is 10.2 Å². The van der Waals surface area contributed by atoms with Crippen LogP contribution in [0.25, 0.3) is 0 Å². The SMILES string of the molecule is O=C(Cc1ccc(Cl)c(F)c1)C(=O)NCC1CCCN2CCCCC12. The van der Waals surface area contributed by atoms with Gasteiger partial charge in [-0.1, -0.05) is 24.1 Å². The van der Waals surface area contributed by atoms with Gasteiger partial charge < -0.3 is 10.2 Å². The van der Waals surface area contributed by atoms with Crippen LogP contribution in [0.2, 0.25) is 5.02 Å². The molecule has 2 aliphatic heterocycles. The van der Waals surface area contributed by atoms with E-state index in [1.165, 1.54) is 31.4 Å². The highest BCUT2D eigenvalue weighted by Gasteiger charge is 2.33. The Morgan fingerprint density at radius 3 is 2.80 bits per heavy atom. The number of hydrogen-bond donors (Lipinski definition) is 1. The monoisotopic (exact) mass is 366 g/mol. The molecule has 2 saturated heterocycles. The summed E-state index contributed by atoms with van der Waals surface area (Å²) in [5, 5.41) is 2.81. The molecule has 0 spiro atoms. The number of halogens is 2. The van der Waals surface area contributed by atoms with Crippen molar-refractivity contribution >= 4 is 23.3 Å². The van der Waals surface area contributed by atoms with Gasteiger partial charge in [-0.15, -0.1) is 0 Å². The minimum Gasteiger partial charge on any atom is -0.349 e. The first-order chi connectivity index (χ1) is 12.0. The van der Waals surface area contributed by atoms with Gasteiger partial charge in [0.1, 0.15) is 5.82 Å². The first-order valence-corrected chi connectivity index (χ1v) is 9.41. The molecule has 2 heterocycles. The summed E-state index contributed by atoms with van der Waals surface area (Å²) >= 11 is 5.63. The van der Waals surface area contributed by atoms with Crippen LogP contribution >= 0.6 is 11.6 Å². The van der Waals surface area contributed by atoms with Crippen LogP contribution in [0.5, 0.6) is 0 Å².